The second-order valence-corrected chi connectivity index (χ2v) is 6.73. The van der Waals surface area contributed by atoms with Crippen LogP contribution in [0.2, 0.25) is 5.02 Å². The SMILES string of the molecule is C=CCn1c(=NC(=O)c2c(F)cccc2F)sc2ccc(Cl)c(C)c21. The molecule has 1 amide bonds. The van der Waals surface area contributed by atoms with Crippen LogP contribution in [-0.2, 0) is 6.54 Å². The summed E-state index contributed by atoms with van der Waals surface area (Å²) in [5.74, 6) is -2.85. The molecule has 0 bridgehead atoms. The third-order valence-electron chi connectivity index (χ3n) is 3.72. The van der Waals surface area contributed by atoms with Gasteiger partial charge in [0.1, 0.15) is 17.2 Å². The van der Waals surface area contributed by atoms with E-state index in [9.17, 15) is 13.6 Å². The number of carbonyl (C=O) groups is 1. The van der Waals surface area contributed by atoms with E-state index in [1.165, 1.54) is 17.4 Å². The zero-order valence-corrected chi connectivity index (χ0v) is 14.8. The van der Waals surface area contributed by atoms with Gasteiger partial charge in [0.15, 0.2) is 4.80 Å². The topological polar surface area (TPSA) is 34.4 Å². The highest BCUT2D eigenvalue weighted by molar-refractivity contribution is 7.16. The van der Waals surface area contributed by atoms with Crippen molar-refractivity contribution in [3.05, 3.63) is 75.6 Å². The minimum Gasteiger partial charge on any atom is -0.312 e. The summed E-state index contributed by atoms with van der Waals surface area (Å²) in [5.41, 5.74) is 0.987. The number of fused-ring (bicyclic) bond motifs is 1. The van der Waals surface area contributed by atoms with Gasteiger partial charge in [-0.15, -0.1) is 6.58 Å². The first-order valence-electron chi connectivity index (χ1n) is 7.36. The normalized spacial score (nSPS) is 11.9. The van der Waals surface area contributed by atoms with Crippen LogP contribution in [-0.4, -0.2) is 10.5 Å². The average molecular weight is 379 g/mol. The fourth-order valence-corrected chi connectivity index (χ4v) is 3.79. The van der Waals surface area contributed by atoms with Crippen LogP contribution in [0.15, 0.2) is 48.0 Å². The first kappa shape index (κ1) is 17.5. The lowest BCUT2D eigenvalue weighted by Crippen LogP contribution is -2.17. The molecule has 0 atom stereocenters. The predicted octanol–water partition coefficient (Wildman–Crippen LogP) is 4.87. The molecule has 1 heterocycles. The van der Waals surface area contributed by atoms with E-state index in [2.05, 4.69) is 11.6 Å². The molecule has 3 aromatic rings. The standard InChI is InChI=1S/C18H13ClF2N2OS/c1-3-9-23-16-10(2)11(19)7-8-14(16)25-18(23)22-17(24)15-12(20)5-4-6-13(15)21/h3-8H,1,9H2,2H3. The number of amides is 1. The Morgan fingerprint density at radius 3 is 2.64 bits per heavy atom. The Kier molecular flexibility index (Phi) is 4.83. The Hall–Kier alpha value is -2.31. The molecular weight excluding hydrogens is 366 g/mol. The second kappa shape index (κ2) is 6.90. The maximum atomic E-state index is 13.8. The number of allylic oxidation sites excluding steroid dienone is 1. The summed E-state index contributed by atoms with van der Waals surface area (Å²) >= 11 is 7.43. The Morgan fingerprint density at radius 2 is 2.00 bits per heavy atom. The molecule has 0 spiro atoms. The smallest absolute Gasteiger partial charge is 0.285 e. The van der Waals surface area contributed by atoms with Gasteiger partial charge in [-0.2, -0.15) is 4.99 Å². The molecule has 0 N–H and O–H groups in total. The van der Waals surface area contributed by atoms with Gasteiger partial charge in [0.2, 0.25) is 0 Å². The summed E-state index contributed by atoms with van der Waals surface area (Å²) in [6, 6.07) is 6.83. The monoisotopic (exact) mass is 378 g/mol. The molecule has 128 valence electrons. The van der Waals surface area contributed by atoms with Gasteiger partial charge in [0, 0.05) is 11.6 Å². The van der Waals surface area contributed by atoms with Crippen LogP contribution in [0.5, 0.6) is 0 Å². The zero-order chi connectivity index (χ0) is 18.1. The van der Waals surface area contributed by atoms with Gasteiger partial charge >= 0.3 is 0 Å². The first-order valence-corrected chi connectivity index (χ1v) is 8.56. The number of aromatic nitrogens is 1. The van der Waals surface area contributed by atoms with Crippen LogP contribution in [0.3, 0.4) is 0 Å². The van der Waals surface area contributed by atoms with Crippen molar-refractivity contribution < 1.29 is 13.6 Å². The lowest BCUT2D eigenvalue weighted by Gasteiger charge is -2.05. The maximum absolute atomic E-state index is 13.8. The summed E-state index contributed by atoms with van der Waals surface area (Å²) in [4.78, 5) is 16.6. The minimum atomic E-state index is -0.969. The fraction of sp³-hybridized carbons (Fsp3) is 0.111. The zero-order valence-electron chi connectivity index (χ0n) is 13.2. The summed E-state index contributed by atoms with van der Waals surface area (Å²) in [6.07, 6.45) is 1.65. The van der Waals surface area contributed by atoms with E-state index in [4.69, 9.17) is 11.6 Å². The van der Waals surface area contributed by atoms with Crippen molar-refractivity contribution in [3.8, 4) is 0 Å². The number of hydrogen-bond donors (Lipinski definition) is 0. The van der Waals surface area contributed by atoms with Crippen molar-refractivity contribution in [2.75, 3.05) is 0 Å². The molecule has 0 radical (unpaired) electrons. The van der Waals surface area contributed by atoms with E-state index >= 15 is 0 Å². The summed E-state index contributed by atoms with van der Waals surface area (Å²) in [7, 11) is 0. The lowest BCUT2D eigenvalue weighted by atomic mass is 10.2. The molecule has 0 unspecified atom stereocenters. The molecule has 7 heteroatoms. The van der Waals surface area contributed by atoms with Crippen molar-refractivity contribution in [2.24, 2.45) is 4.99 Å². The van der Waals surface area contributed by atoms with Crippen molar-refractivity contribution in [3.63, 3.8) is 0 Å². The Balaban J connectivity index is 2.26. The molecule has 0 saturated heterocycles. The number of hydrogen-bond acceptors (Lipinski definition) is 2. The largest absolute Gasteiger partial charge is 0.312 e. The van der Waals surface area contributed by atoms with Crippen molar-refractivity contribution in [1.82, 2.24) is 4.57 Å². The summed E-state index contributed by atoms with van der Waals surface area (Å²) in [5, 5.41) is 0.584. The van der Waals surface area contributed by atoms with Gasteiger partial charge in [-0.05, 0) is 36.8 Å². The molecule has 0 fully saturated rings. The Bertz CT molecular complexity index is 1050. The quantitative estimate of drug-likeness (QED) is 0.599. The average Bonchev–Trinajstić information content (AvgIpc) is 2.89. The van der Waals surface area contributed by atoms with Gasteiger partial charge in [0.25, 0.3) is 5.91 Å². The van der Waals surface area contributed by atoms with E-state index in [1.807, 2.05) is 13.0 Å². The number of aryl methyl sites for hydroxylation is 1. The van der Waals surface area contributed by atoms with E-state index in [0.29, 0.717) is 16.4 Å². The van der Waals surface area contributed by atoms with Gasteiger partial charge < -0.3 is 4.57 Å². The van der Waals surface area contributed by atoms with Gasteiger partial charge in [-0.1, -0.05) is 35.1 Å². The summed E-state index contributed by atoms with van der Waals surface area (Å²) in [6.45, 7) is 5.95. The molecule has 0 aliphatic heterocycles. The molecule has 3 rings (SSSR count). The number of thiazole rings is 1. The van der Waals surface area contributed by atoms with E-state index in [-0.39, 0.29) is 0 Å². The van der Waals surface area contributed by atoms with Crippen LogP contribution in [0.25, 0.3) is 10.2 Å². The number of halogens is 3. The predicted molar refractivity (Wildman–Crippen MR) is 96.0 cm³/mol. The molecular formula is C18H13ClF2N2OS. The molecule has 1 aromatic heterocycles. The van der Waals surface area contributed by atoms with Crippen molar-refractivity contribution in [1.29, 1.82) is 0 Å². The van der Waals surface area contributed by atoms with Crippen molar-refractivity contribution >= 4 is 39.1 Å². The second-order valence-electron chi connectivity index (χ2n) is 5.32. The molecule has 0 aliphatic carbocycles. The van der Waals surface area contributed by atoms with Crippen LogP contribution in [0.1, 0.15) is 15.9 Å². The highest BCUT2D eigenvalue weighted by Gasteiger charge is 2.18. The van der Waals surface area contributed by atoms with Crippen LogP contribution >= 0.6 is 22.9 Å². The van der Waals surface area contributed by atoms with Gasteiger partial charge in [-0.25, -0.2) is 8.78 Å². The summed E-state index contributed by atoms with van der Waals surface area (Å²) < 4.78 is 30.3. The van der Waals surface area contributed by atoms with E-state index in [0.717, 1.165) is 27.9 Å². The maximum Gasteiger partial charge on any atom is 0.285 e. The van der Waals surface area contributed by atoms with Crippen LogP contribution in [0.4, 0.5) is 8.78 Å². The number of nitrogens with zero attached hydrogens (tertiary/aromatic N) is 2. The Morgan fingerprint density at radius 1 is 1.32 bits per heavy atom. The molecule has 2 aromatic carbocycles. The number of carbonyl (C=O) groups excluding carboxylic acids is 1. The van der Waals surface area contributed by atoms with Crippen LogP contribution in [0, 0.1) is 18.6 Å². The van der Waals surface area contributed by atoms with Crippen molar-refractivity contribution in [2.45, 2.75) is 13.5 Å². The highest BCUT2D eigenvalue weighted by Crippen LogP contribution is 2.27. The number of rotatable bonds is 3. The minimum absolute atomic E-state index is 0.327. The molecule has 0 saturated carbocycles. The third-order valence-corrected chi connectivity index (χ3v) is 5.17. The van der Waals surface area contributed by atoms with Crippen LogP contribution < -0.4 is 4.80 Å². The molecule has 0 aliphatic rings. The Labute approximate surface area is 151 Å². The van der Waals surface area contributed by atoms with E-state index in [1.54, 1.807) is 16.7 Å². The lowest BCUT2D eigenvalue weighted by molar-refractivity contribution is 0.0990. The van der Waals surface area contributed by atoms with E-state index < -0.39 is 23.1 Å². The fourth-order valence-electron chi connectivity index (χ4n) is 2.54. The third kappa shape index (κ3) is 3.15. The van der Waals surface area contributed by atoms with Gasteiger partial charge in [-0.3, -0.25) is 4.79 Å². The molecule has 3 nitrogen and oxygen atoms in total. The first-order chi connectivity index (χ1) is 11.9. The molecule has 25 heavy (non-hydrogen) atoms. The van der Waals surface area contributed by atoms with Gasteiger partial charge in [0.05, 0.1) is 10.2 Å². The number of benzene rings is 2. The highest BCUT2D eigenvalue weighted by atomic mass is 35.5.